The Labute approximate surface area is 114 Å². The quantitative estimate of drug-likeness (QED) is 0.900. The molecule has 0 aliphatic heterocycles. The molecule has 0 bridgehead atoms. The highest BCUT2D eigenvalue weighted by Crippen LogP contribution is 2.36. The van der Waals surface area contributed by atoms with Crippen LogP contribution in [0.1, 0.15) is 17.7 Å². The van der Waals surface area contributed by atoms with Crippen LogP contribution in [0.5, 0.6) is 11.5 Å². The van der Waals surface area contributed by atoms with Crippen LogP contribution in [0.15, 0.2) is 12.1 Å². The number of hydrogen-bond acceptors (Lipinski definition) is 3. The van der Waals surface area contributed by atoms with E-state index in [1.807, 2.05) is 6.07 Å². The molecule has 0 saturated carbocycles. The second kappa shape index (κ2) is 5.53. The summed E-state index contributed by atoms with van der Waals surface area (Å²) in [6.45, 7) is 2.84. The van der Waals surface area contributed by atoms with E-state index < -0.39 is 0 Å². The number of ether oxygens (including phenoxy) is 2. The highest BCUT2D eigenvalue weighted by atomic mass is 16.5. The SMILES string of the molecule is COc1cc(OC)c2c(c1)c(CCCN)c(C)n2C. The van der Waals surface area contributed by atoms with E-state index in [0.29, 0.717) is 6.54 Å². The zero-order chi connectivity index (χ0) is 14.0. The van der Waals surface area contributed by atoms with Crippen LogP contribution in [0.3, 0.4) is 0 Å². The number of hydrogen-bond donors (Lipinski definition) is 1. The molecule has 4 heteroatoms. The number of fused-ring (bicyclic) bond motifs is 1. The summed E-state index contributed by atoms with van der Waals surface area (Å²) in [7, 11) is 5.44. The molecule has 0 fully saturated rings. The molecule has 0 atom stereocenters. The molecule has 0 aliphatic rings. The molecule has 4 nitrogen and oxygen atoms in total. The third-order valence-electron chi connectivity index (χ3n) is 3.74. The molecular formula is C15H22N2O2. The van der Waals surface area contributed by atoms with Gasteiger partial charge < -0.3 is 19.8 Å². The molecule has 0 unspecified atom stereocenters. The van der Waals surface area contributed by atoms with Crippen molar-refractivity contribution in [3.8, 4) is 11.5 Å². The van der Waals surface area contributed by atoms with Crippen molar-refractivity contribution >= 4 is 10.9 Å². The Balaban J connectivity index is 2.71. The molecule has 104 valence electrons. The van der Waals surface area contributed by atoms with Crippen LogP contribution in [0.2, 0.25) is 0 Å². The summed E-state index contributed by atoms with van der Waals surface area (Å²) >= 11 is 0. The van der Waals surface area contributed by atoms with Gasteiger partial charge in [-0.1, -0.05) is 0 Å². The smallest absolute Gasteiger partial charge is 0.146 e. The van der Waals surface area contributed by atoms with Gasteiger partial charge >= 0.3 is 0 Å². The van der Waals surface area contributed by atoms with Crippen LogP contribution in [-0.2, 0) is 13.5 Å². The second-order valence-corrected chi connectivity index (χ2v) is 4.74. The average Bonchev–Trinajstić information content (AvgIpc) is 2.68. The lowest BCUT2D eigenvalue weighted by atomic mass is 10.1. The van der Waals surface area contributed by atoms with Crippen molar-refractivity contribution < 1.29 is 9.47 Å². The van der Waals surface area contributed by atoms with Crippen molar-refractivity contribution in [2.75, 3.05) is 20.8 Å². The summed E-state index contributed by atoms with van der Waals surface area (Å²) in [6.07, 6.45) is 1.97. The first-order chi connectivity index (χ1) is 9.13. The number of methoxy groups -OCH3 is 2. The standard InChI is InChI=1S/C15H22N2O2/c1-10-12(6-5-7-16)13-8-11(18-3)9-14(19-4)15(13)17(10)2/h8-9H,5-7,16H2,1-4H3. The summed E-state index contributed by atoms with van der Waals surface area (Å²) < 4.78 is 13.0. The first-order valence-corrected chi connectivity index (χ1v) is 6.54. The number of benzene rings is 1. The van der Waals surface area contributed by atoms with Crippen molar-refractivity contribution in [2.24, 2.45) is 12.8 Å². The van der Waals surface area contributed by atoms with Crippen LogP contribution in [0.4, 0.5) is 0 Å². The average molecular weight is 262 g/mol. The number of rotatable bonds is 5. The summed E-state index contributed by atoms with van der Waals surface area (Å²) in [4.78, 5) is 0. The van der Waals surface area contributed by atoms with E-state index in [-0.39, 0.29) is 0 Å². The zero-order valence-corrected chi connectivity index (χ0v) is 12.1. The van der Waals surface area contributed by atoms with E-state index in [4.69, 9.17) is 15.2 Å². The first kappa shape index (κ1) is 13.7. The third-order valence-corrected chi connectivity index (χ3v) is 3.74. The first-order valence-electron chi connectivity index (χ1n) is 6.54. The molecule has 2 aromatic rings. The highest BCUT2D eigenvalue weighted by molar-refractivity contribution is 5.91. The van der Waals surface area contributed by atoms with Gasteiger partial charge in [0.15, 0.2) is 0 Å². The van der Waals surface area contributed by atoms with E-state index in [2.05, 4.69) is 24.6 Å². The number of nitrogens with zero attached hydrogens (tertiary/aromatic N) is 1. The fourth-order valence-electron chi connectivity index (χ4n) is 2.59. The molecule has 0 aliphatic carbocycles. The Bertz CT molecular complexity index is 588. The van der Waals surface area contributed by atoms with E-state index in [1.54, 1.807) is 14.2 Å². The molecule has 2 rings (SSSR count). The van der Waals surface area contributed by atoms with E-state index in [1.165, 1.54) is 16.6 Å². The molecular weight excluding hydrogens is 240 g/mol. The van der Waals surface area contributed by atoms with E-state index in [0.717, 1.165) is 29.9 Å². The van der Waals surface area contributed by atoms with E-state index >= 15 is 0 Å². The Morgan fingerprint density at radius 2 is 1.95 bits per heavy atom. The van der Waals surface area contributed by atoms with Gasteiger partial charge in [0.05, 0.1) is 19.7 Å². The van der Waals surface area contributed by atoms with Crippen molar-refractivity contribution in [1.82, 2.24) is 4.57 Å². The molecule has 19 heavy (non-hydrogen) atoms. The summed E-state index contributed by atoms with van der Waals surface area (Å²) in [5, 5.41) is 1.20. The van der Waals surface area contributed by atoms with Crippen LogP contribution < -0.4 is 15.2 Å². The van der Waals surface area contributed by atoms with Gasteiger partial charge in [0.2, 0.25) is 0 Å². The molecule has 0 radical (unpaired) electrons. The van der Waals surface area contributed by atoms with Gasteiger partial charge in [-0.15, -0.1) is 0 Å². The molecule has 0 amide bonds. The maximum Gasteiger partial charge on any atom is 0.146 e. The molecule has 0 saturated heterocycles. The lowest BCUT2D eigenvalue weighted by Gasteiger charge is -2.08. The van der Waals surface area contributed by atoms with Crippen LogP contribution in [0, 0.1) is 6.92 Å². The van der Waals surface area contributed by atoms with Gasteiger partial charge in [-0.3, -0.25) is 0 Å². The van der Waals surface area contributed by atoms with Gasteiger partial charge in [0, 0.05) is 24.2 Å². The molecule has 1 heterocycles. The fourth-order valence-corrected chi connectivity index (χ4v) is 2.59. The number of nitrogens with two attached hydrogens (primary N) is 1. The summed E-state index contributed by atoms with van der Waals surface area (Å²) in [6, 6.07) is 4.01. The Morgan fingerprint density at radius 1 is 1.21 bits per heavy atom. The topological polar surface area (TPSA) is 49.4 Å². The minimum Gasteiger partial charge on any atom is -0.497 e. The normalized spacial score (nSPS) is 11.0. The monoisotopic (exact) mass is 262 g/mol. The lowest BCUT2D eigenvalue weighted by molar-refractivity contribution is 0.397. The Morgan fingerprint density at radius 3 is 2.53 bits per heavy atom. The molecule has 1 aromatic carbocycles. The van der Waals surface area contributed by atoms with Gasteiger partial charge in [-0.05, 0) is 37.9 Å². The summed E-state index contributed by atoms with van der Waals surface area (Å²) in [5.74, 6) is 1.67. The predicted octanol–water partition coefficient (Wildman–Crippen LogP) is 2.40. The van der Waals surface area contributed by atoms with Gasteiger partial charge in [-0.25, -0.2) is 0 Å². The Kier molecular flexibility index (Phi) is 4.00. The summed E-state index contributed by atoms with van der Waals surface area (Å²) in [5.41, 5.74) is 9.34. The predicted molar refractivity (Wildman–Crippen MR) is 78.1 cm³/mol. The van der Waals surface area contributed by atoms with Gasteiger partial charge in [-0.2, -0.15) is 0 Å². The Hall–Kier alpha value is -1.68. The van der Waals surface area contributed by atoms with Gasteiger partial charge in [0.1, 0.15) is 11.5 Å². The number of aryl methyl sites for hydroxylation is 2. The minimum absolute atomic E-state index is 0.705. The third kappa shape index (κ3) is 2.28. The van der Waals surface area contributed by atoms with Crippen molar-refractivity contribution in [2.45, 2.75) is 19.8 Å². The van der Waals surface area contributed by atoms with Gasteiger partial charge in [0.25, 0.3) is 0 Å². The van der Waals surface area contributed by atoms with Crippen LogP contribution >= 0.6 is 0 Å². The maximum atomic E-state index is 5.63. The van der Waals surface area contributed by atoms with Crippen molar-refractivity contribution in [1.29, 1.82) is 0 Å². The highest BCUT2D eigenvalue weighted by Gasteiger charge is 2.16. The minimum atomic E-state index is 0.705. The van der Waals surface area contributed by atoms with Crippen LogP contribution in [0.25, 0.3) is 10.9 Å². The maximum absolute atomic E-state index is 5.63. The largest absolute Gasteiger partial charge is 0.497 e. The van der Waals surface area contributed by atoms with E-state index in [9.17, 15) is 0 Å². The van der Waals surface area contributed by atoms with Crippen molar-refractivity contribution in [3.05, 3.63) is 23.4 Å². The lowest BCUT2D eigenvalue weighted by Crippen LogP contribution is -2.01. The number of aromatic nitrogens is 1. The molecule has 1 aromatic heterocycles. The van der Waals surface area contributed by atoms with Crippen molar-refractivity contribution in [3.63, 3.8) is 0 Å². The molecule has 2 N–H and O–H groups in total. The fraction of sp³-hybridized carbons (Fsp3) is 0.467. The molecule has 0 spiro atoms. The van der Waals surface area contributed by atoms with Crippen LogP contribution in [-0.4, -0.2) is 25.3 Å². The second-order valence-electron chi connectivity index (χ2n) is 4.74. The zero-order valence-electron chi connectivity index (χ0n) is 12.1.